The molecule has 0 aromatic heterocycles. The molecule has 108 valence electrons. The topological polar surface area (TPSA) is 63.5 Å². The van der Waals surface area contributed by atoms with E-state index >= 15 is 0 Å². The van der Waals surface area contributed by atoms with E-state index in [-0.39, 0.29) is 22.2 Å². The van der Waals surface area contributed by atoms with Gasteiger partial charge in [0.2, 0.25) is 0 Å². The molecule has 0 aliphatic carbocycles. The number of para-hydroxylation sites is 1. The number of nitrogens with zero attached hydrogens (tertiary/aromatic N) is 2. The molecule has 0 saturated carbocycles. The average molecular weight is 305 g/mol. The van der Waals surface area contributed by atoms with Gasteiger partial charge in [0.05, 0.1) is 4.92 Å². The van der Waals surface area contributed by atoms with Gasteiger partial charge in [0, 0.05) is 24.4 Å². The van der Waals surface area contributed by atoms with Crippen molar-refractivity contribution in [3.8, 4) is 0 Å². The fraction of sp³-hybridized carbons (Fsp3) is 0.133. The number of nitro groups is 1. The lowest BCUT2D eigenvalue weighted by molar-refractivity contribution is -0.384. The van der Waals surface area contributed by atoms with Crippen molar-refractivity contribution in [2.75, 3.05) is 11.9 Å². The van der Waals surface area contributed by atoms with E-state index < -0.39 is 4.92 Å². The first kappa shape index (κ1) is 15.0. The summed E-state index contributed by atoms with van der Waals surface area (Å²) in [6.07, 6.45) is 0. The first-order valence-electron chi connectivity index (χ1n) is 6.19. The Morgan fingerprint density at radius 3 is 2.52 bits per heavy atom. The fourth-order valence-corrected chi connectivity index (χ4v) is 2.21. The van der Waals surface area contributed by atoms with Crippen LogP contribution < -0.4 is 4.90 Å². The second-order valence-electron chi connectivity index (χ2n) is 4.57. The number of carbonyl (C=O) groups is 1. The summed E-state index contributed by atoms with van der Waals surface area (Å²) < 4.78 is 0. The molecule has 0 radical (unpaired) electrons. The number of aryl methyl sites for hydroxylation is 1. The molecule has 2 rings (SSSR count). The zero-order chi connectivity index (χ0) is 15.6. The van der Waals surface area contributed by atoms with Crippen LogP contribution in [-0.4, -0.2) is 17.9 Å². The lowest BCUT2D eigenvalue weighted by Gasteiger charge is -2.19. The molecule has 0 heterocycles. The number of halogens is 1. The minimum absolute atomic E-state index is 0.00935. The van der Waals surface area contributed by atoms with Crippen LogP contribution in [0.2, 0.25) is 5.02 Å². The van der Waals surface area contributed by atoms with Gasteiger partial charge in [-0.2, -0.15) is 0 Å². The van der Waals surface area contributed by atoms with Crippen LogP contribution in [0, 0.1) is 17.0 Å². The summed E-state index contributed by atoms with van der Waals surface area (Å²) in [5.74, 6) is -0.330. The number of carbonyl (C=O) groups excluding carboxylic acids is 1. The molecule has 2 aromatic carbocycles. The van der Waals surface area contributed by atoms with Gasteiger partial charge in [-0.3, -0.25) is 14.9 Å². The van der Waals surface area contributed by atoms with Crippen molar-refractivity contribution in [3.05, 3.63) is 68.7 Å². The van der Waals surface area contributed by atoms with E-state index in [0.717, 1.165) is 11.3 Å². The number of hydrogen-bond donors (Lipinski definition) is 0. The molecule has 0 saturated heterocycles. The number of rotatable bonds is 3. The van der Waals surface area contributed by atoms with Gasteiger partial charge < -0.3 is 4.90 Å². The van der Waals surface area contributed by atoms with Gasteiger partial charge in [0.1, 0.15) is 5.02 Å². The third-order valence-electron chi connectivity index (χ3n) is 3.17. The van der Waals surface area contributed by atoms with Crippen LogP contribution >= 0.6 is 11.6 Å². The van der Waals surface area contributed by atoms with E-state index in [9.17, 15) is 14.9 Å². The van der Waals surface area contributed by atoms with Crippen LogP contribution in [-0.2, 0) is 0 Å². The Bertz CT molecular complexity index is 716. The molecule has 0 aliphatic heterocycles. The van der Waals surface area contributed by atoms with Gasteiger partial charge in [-0.25, -0.2) is 0 Å². The standard InChI is InChI=1S/C15H13ClN2O3/c1-10-5-3-4-6-13(10)17(2)15(19)11-7-8-12(16)14(9-11)18(20)21/h3-9H,1-2H3. The van der Waals surface area contributed by atoms with E-state index in [4.69, 9.17) is 11.6 Å². The maximum absolute atomic E-state index is 12.4. The van der Waals surface area contributed by atoms with Crippen LogP contribution in [0.4, 0.5) is 11.4 Å². The van der Waals surface area contributed by atoms with Crippen molar-refractivity contribution in [2.24, 2.45) is 0 Å². The van der Waals surface area contributed by atoms with E-state index in [1.807, 2.05) is 31.2 Å². The lowest BCUT2D eigenvalue weighted by Crippen LogP contribution is -2.26. The molecule has 0 aliphatic rings. The van der Waals surface area contributed by atoms with Crippen LogP contribution in [0.5, 0.6) is 0 Å². The Morgan fingerprint density at radius 2 is 1.90 bits per heavy atom. The number of hydrogen-bond acceptors (Lipinski definition) is 3. The molecule has 0 atom stereocenters. The molecule has 21 heavy (non-hydrogen) atoms. The number of amides is 1. The van der Waals surface area contributed by atoms with Gasteiger partial charge >= 0.3 is 0 Å². The quantitative estimate of drug-likeness (QED) is 0.639. The zero-order valence-corrected chi connectivity index (χ0v) is 12.3. The van der Waals surface area contributed by atoms with Crippen molar-refractivity contribution < 1.29 is 9.72 Å². The summed E-state index contributed by atoms with van der Waals surface area (Å²) >= 11 is 5.75. The summed E-state index contributed by atoms with van der Waals surface area (Å²) in [5.41, 5.74) is 1.63. The Kier molecular flexibility index (Phi) is 4.23. The van der Waals surface area contributed by atoms with E-state index in [0.29, 0.717) is 0 Å². The van der Waals surface area contributed by atoms with Crippen molar-refractivity contribution in [2.45, 2.75) is 6.92 Å². The molecule has 6 heteroatoms. The highest BCUT2D eigenvalue weighted by Crippen LogP contribution is 2.27. The summed E-state index contributed by atoms with van der Waals surface area (Å²) in [5, 5.41) is 10.9. The largest absolute Gasteiger partial charge is 0.311 e. The maximum atomic E-state index is 12.4. The zero-order valence-electron chi connectivity index (χ0n) is 11.5. The highest BCUT2D eigenvalue weighted by molar-refractivity contribution is 6.32. The smallest absolute Gasteiger partial charge is 0.288 e. The molecule has 5 nitrogen and oxygen atoms in total. The summed E-state index contributed by atoms with van der Waals surface area (Å²) in [4.78, 5) is 24.2. The highest BCUT2D eigenvalue weighted by Gasteiger charge is 2.20. The summed E-state index contributed by atoms with van der Waals surface area (Å²) in [6.45, 7) is 1.89. The molecule has 0 bridgehead atoms. The van der Waals surface area contributed by atoms with E-state index in [1.165, 1.54) is 23.1 Å². The first-order chi connectivity index (χ1) is 9.91. The molecular weight excluding hydrogens is 292 g/mol. The minimum atomic E-state index is -0.604. The summed E-state index contributed by atoms with van der Waals surface area (Å²) in [7, 11) is 1.63. The van der Waals surface area contributed by atoms with Crippen molar-refractivity contribution in [1.82, 2.24) is 0 Å². The Morgan fingerprint density at radius 1 is 1.24 bits per heavy atom. The Balaban J connectivity index is 2.39. The van der Waals surface area contributed by atoms with Gasteiger partial charge in [0.15, 0.2) is 0 Å². The predicted octanol–water partition coefficient (Wildman–Crippen LogP) is 3.83. The normalized spacial score (nSPS) is 10.2. The monoisotopic (exact) mass is 304 g/mol. The second-order valence-corrected chi connectivity index (χ2v) is 4.98. The Labute approximate surface area is 126 Å². The molecule has 0 unspecified atom stereocenters. The third kappa shape index (κ3) is 3.03. The van der Waals surface area contributed by atoms with Gasteiger partial charge in [0.25, 0.3) is 11.6 Å². The van der Waals surface area contributed by atoms with Crippen molar-refractivity contribution >= 4 is 28.9 Å². The molecule has 0 N–H and O–H groups in total. The SMILES string of the molecule is Cc1ccccc1N(C)C(=O)c1ccc(Cl)c([N+](=O)[O-])c1. The minimum Gasteiger partial charge on any atom is -0.311 e. The second kappa shape index (κ2) is 5.93. The van der Waals surface area contributed by atoms with Crippen molar-refractivity contribution in [1.29, 1.82) is 0 Å². The number of anilines is 1. The number of benzene rings is 2. The van der Waals surface area contributed by atoms with E-state index in [2.05, 4.69) is 0 Å². The highest BCUT2D eigenvalue weighted by atomic mass is 35.5. The fourth-order valence-electron chi connectivity index (χ4n) is 2.03. The van der Waals surface area contributed by atoms with Crippen LogP contribution in [0.15, 0.2) is 42.5 Å². The molecule has 1 amide bonds. The van der Waals surface area contributed by atoms with E-state index in [1.54, 1.807) is 7.05 Å². The van der Waals surface area contributed by atoms with Gasteiger partial charge in [-0.1, -0.05) is 29.8 Å². The van der Waals surface area contributed by atoms with Crippen LogP contribution in [0.1, 0.15) is 15.9 Å². The maximum Gasteiger partial charge on any atom is 0.288 e. The molecule has 0 spiro atoms. The van der Waals surface area contributed by atoms with Crippen LogP contribution in [0.25, 0.3) is 0 Å². The van der Waals surface area contributed by atoms with Crippen molar-refractivity contribution in [3.63, 3.8) is 0 Å². The number of nitro benzene ring substituents is 1. The third-order valence-corrected chi connectivity index (χ3v) is 3.49. The van der Waals surface area contributed by atoms with Gasteiger partial charge in [-0.15, -0.1) is 0 Å². The molecule has 2 aromatic rings. The molecular formula is C15H13ClN2O3. The van der Waals surface area contributed by atoms with Crippen LogP contribution in [0.3, 0.4) is 0 Å². The molecule has 0 fully saturated rings. The first-order valence-corrected chi connectivity index (χ1v) is 6.57. The summed E-state index contributed by atoms with van der Waals surface area (Å²) in [6, 6.07) is 11.5. The van der Waals surface area contributed by atoms with Gasteiger partial charge in [-0.05, 0) is 30.7 Å². The average Bonchev–Trinajstić information content (AvgIpc) is 2.46. The predicted molar refractivity (Wildman–Crippen MR) is 82.0 cm³/mol. The Hall–Kier alpha value is -2.40. The lowest BCUT2D eigenvalue weighted by atomic mass is 10.1.